The zero-order valence-electron chi connectivity index (χ0n) is 12.8. The SMILES string of the molecule is C[C@@H]1CNC[C@H]2Cc3ccc(C(C)(O)CCCCl)nc3N21. The van der Waals surface area contributed by atoms with Gasteiger partial charge in [-0.15, -0.1) is 11.6 Å². The highest BCUT2D eigenvalue weighted by molar-refractivity contribution is 6.17. The molecule has 0 bridgehead atoms. The molecule has 1 fully saturated rings. The summed E-state index contributed by atoms with van der Waals surface area (Å²) >= 11 is 5.75. The zero-order chi connectivity index (χ0) is 15.0. The first-order valence-electron chi connectivity index (χ1n) is 7.81. The summed E-state index contributed by atoms with van der Waals surface area (Å²) in [5.41, 5.74) is 1.16. The third-order valence-electron chi connectivity index (χ3n) is 4.69. The lowest BCUT2D eigenvalue weighted by molar-refractivity contribution is 0.0428. The molecule has 0 aromatic carbocycles. The minimum Gasteiger partial charge on any atom is -0.384 e. The molecule has 3 rings (SSSR count). The van der Waals surface area contributed by atoms with Gasteiger partial charge in [-0.05, 0) is 44.7 Å². The highest BCUT2D eigenvalue weighted by Crippen LogP contribution is 2.36. The Kier molecular flexibility index (Phi) is 4.12. The first-order valence-corrected chi connectivity index (χ1v) is 8.34. The van der Waals surface area contributed by atoms with E-state index >= 15 is 0 Å². The van der Waals surface area contributed by atoms with Crippen molar-refractivity contribution in [3.05, 3.63) is 23.4 Å². The van der Waals surface area contributed by atoms with Crippen molar-refractivity contribution in [2.45, 2.75) is 50.8 Å². The Morgan fingerprint density at radius 2 is 2.29 bits per heavy atom. The second kappa shape index (κ2) is 5.75. The van der Waals surface area contributed by atoms with Crippen LogP contribution in [0.1, 0.15) is 37.9 Å². The van der Waals surface area contributed by atoms with Gasteiger partial charge in [0.25, 0.3) is 0 Å². The summed E-state index contributed by atoms with van der Waals surface area (Å²) in [4.78, 5) is 7.24. The summed E-state index contributed by atoms with van der Waals surface area (Å²) in [6.07, 6.45) is 2.48. The lowest BCUT2D eigenvalue weighted by Gasteiger charge is -2.38. The fourth-order valence-electron chi connectivity index (χ4n) is 3.52. The van der Waals surface area contributed by atoms with Gasteiger partial charge in [0.1, 0.15) is 11.4 Å². The van der Waals surface area contributed by atoms with Crippen molar-refractivity contribution in [3.63, 3.8) is 0 Å². The molecule has 1 unspecified atom stereocenters. The van der Waals surface area contributed by atoms with Crippen molar-refractivity contribution in [2.24, 2.45) is 0 Å². The minimum atomic E-state index is -0.903. The Bertz CT molecular complexity index is 520. The minimum absolute atomic E-state index is 0.445. The molecular formula is C16H24ClN3O. The van der Waals surface area contributed by atoms with E-state index in [1.54, 1.807) is 0 Å². The van der Waals surface area contributed by atoms with Crippen LogP contribution in [0.5, 0.6) is 0 Å². The molecule has 5 heteroatoms. The molecule has 3 atom stereocenters. The number of rotatable bonds is 4. The molecule has 4 nitrogen and oxygen atoms in total. The van der Waals surface area contributed by atoms with Gasteiger partial charge in [-0.3, -0.25) is 0 Å². The Labute approximate surface area is 131 Å². The topological polar surface area (TPSA) is 48.4 Å². The zero-order valence-corrected chi connectivity index (χ0v) is 13.5. The van der Waals surface area contributed by atoms with Gasteiger partial charge in [0.2, 0.25) is 0 Å². The molecule has 1 aromatic rings. The van der Waals surface area contributed by atoms with E-state index in [9.17, 15) is 5.11 Å². The molecule has 2 aliphatic heterocycles. The second-order valence-electron chi connectivity index (χ2n) is 6.52. The van der Waals surface area contributed by atoms with Crippen molar-refractivity contribution in [1.29, 1.82) is 0 Å². The average Bonchev–Trinajstić information content (AvgIpc) is 2.84. The first-order chi connectivity index (χ1) is 10.0. The standard InChI is InChI=1S/C16H24ClN3O/c1-11-9-18-10-13-8-12-4-5-14(19-15(12)20(11)13)16(2,21)6-3-7-17/h4-5,11,13,18,21H,3,6-10H2,1-2H3/t11-,13-,16?/m1/s1. The van der Waals surface area contributed by atoms with Gasteiger partial charge < -0.3 is 15.3 Å². The van der Waals surface area contributed by atoms with E-state index in [1.165, 1.54) is 5.56 Å². The molecule has 0 spiro atoms. The highest BCUT2D eigenvalue weighted by atomic mass is 35.5. The lowest BCUT2D eigenvalue weighted by atomic mass is 9.95. The fraction of sp³-hybridized carbons (Fsp3) is 0.688. The number of pyridine rings is 1. The van der Waals surface area contributed by atoms with Crippen LogP contribution >= 0.6 is 11.6 Å². The molecule has 0 radical (unpaired) electrons. The fourth-order valence-corrected chi connectivity index (χ4v) is 3.65. The maximum Gasteiger partial charge on any atom is 0.132 e. The van der Waals surface area contributed by atoms with E-state index in [1.807, 2.05) is 13.0 Å². The van der Waals surface area contributed by atoms with Crippen molar-refractivity contribution in [3.8, 4) is 0 Å². The van der Waals surface area contributed by atoms with Crippen LogP contribution in [-0.4, -0.2) is 41.1 Å². The number of nitrogens with zero attached hydrogens (tertiary/aromatic N) is 2. The third-order valence-corrected chi connectivity index (χ3v) is 4.96. The Hall–Kier alpha value is -0.840. The molecule has 0 amide bonds. The molecule has 0 aliphatic carbocycles. The van der Waals surface area contributed by atoms with E-state index in [-0.39, 0.29) is 0 Å². The van der Waals surface area contributed by atoms with Crippen LogP contribution in [-0.2, 0) is 12.0 Å². The number of hydrogen-bond acceptors (Lipinski definition) is 4. The Morgan fingerprint density at radius 1 is 1.48 bits per heavy atom. The summed E-state index contributed by atoms with van der Waals surface area (Å²) in [5, 5.41) is 14.1. The van der Waals surface area contributed by atoms with Crippen molar-refractivity contribution in [2.75, 3.05) is 23.9 Å². The number of aromatic nitrogens is 1. The normalized spacial score (nSPS) is 27.1. The lowest BCUT2D eigenvalue weighted by Crippen LogP contribution is -2.55. The van der Waals surface area contributed by atoms with Crippen LogP contribution in [0.15, 0.2) is 12.1 Å². The van der Waals surface area contributed by atoms with Crippen molar-refractivity contribution in [1.82, 2.24) is 10.3 Å². The number of aliphatic hydroxyl groups is 1. The van der Waals surface area contributed by atoms with Gasteiger partial charge in [-0.1, -0.05) is 6.07 Å². The molecule has 2 aliphatic rings. The monoisotopic (exact) mass is 309 g/mol. The molecule has 0 saturated carbocycles. The summed E-state index contributed by atoms with van der Waals surface area (Å²) in [6, 6.07) is 5.06. The van der Waals surface area contributed by atoms with E-state index in [0.717, 1.165) is 37.4 Å². The Balaban J connectivity index is 1.90. The summed E-state index contributed by atoms with van der Waals surface area (Å²) < 4.78 is 0. The Morgan fingerprint density at radius 3 is 3.05 bits per heavy atom. The van der Waals surface area contributed by atoms with E-state index in [0.29, 0.717) is 24.4 Å². The van der Waals surface area contributed by atoms with Gasteiger partial charge in [-0.2, -0.15) is 0 Å². The molecule has 2 N–H and O–H groups in total. The number of hydrogen-bond donors (Lipinski definition) is 2. The van der Waals surface area contributed by atoms with Crippen LogP contribution in [0, 0.1) is 0 Å². The number of alkyl halides is 1. The number of anilines is 1. The van der Waals surface area contributed by atoms with Crippen LogP contribution < -0.4 is 10.2 Å². The number of nitrogens with one attached hydrogen (secondary N) is 1. The molecule has 1 saturated heterocycles. The van der Waals surface area contributed by atoms with Crippen LogP contribution in [0.3, 0.4) is 0 Å². The van der Waals surface area contributed by atoms with Crippen LogP contribution in [0.4, 0.5) is 5.82 Å². The predicted octanol–water partition coefficient (Wildman–Crippen LogP) is 2.03. The molecule has 116 valence electrons. The molecule has 1 aromatic heterocycles. The second-order valence-corrected chi connectivity index (χ2v) is 6.90. The largest absolute Gasteiger partial charge is 0.384 e. The molecule has 21 heavy (non-hydrogen) atoms. The van der Waals surface area contributed by atoms with Crippen LogP contribution in [0.2, 0.25) is 0 Å². The van der Waals surface area contributed by atoms with Gasteiger partial charge in [-0.25, -0.2) is 4.98 Å². The summed E-state index contributed by atoms with van der Waals surface area (Å²) in [5.74, 6) is 1.63. The maximum atomic E-state index is 10.7. The molecular weight excluding hydrogens is 286 g/mol. The predicted molar refractivity (Wildman–Crippen MR) is 86.1 cm³/mol. The molecule has 3 heterocycles. The first kappa shape index (κ1) is 15.1. The van der Waals surface area contributed by atoms with Gasteiger partial charge in [0.05, 0.1) is 5.69 Å². The van der Waals surface area contributed by atoms with Crippen LogP contribution in [0.25, 0.3) is 0 Å². The van der Waals surface area contributed by atoms with E-state index in [4.69, 9.17) is 16.6 Å². The third kappa shape index (κ3) is 2.77. The summed E-state index contributed by atoms with van der Waals surface area (Å²) in [6.45, 7) is 6.07. The van der Waals surface area contributed by atoms with Gasteiger partial charge in [0.15, 0.2) is 0 Å². The number of fused-ring (bicyclic) bond motifs is 3. The number of halogens is 1. The maximum absolute atomic E-state index is 10.7. The van der Waals surface area contributed by atoms with E-state index < -0.39 is 5.60 Å². The highest BCUT2D eigenvalue weighted by Gasteiger charge is 2.37. The average molecular weight is 310 g/mol. The van der Waals surface area contributed by atoms with Crippen molar-refractivity contribution >= 4 is 17.4 Å². The summed E-state index contributed by atoms with van der Waals surface area (Å²) in [7, 11) is 0. The van der Waals surface area contributed by atoms with Gasteiger partial charge >= 0.3 is 0 Å². The van der Waals surface area contributed by atoms with Gasteiger partial charge in [0, 0.05) is 31.1 Å². The quantitative estimate of drug-likeness (QED) is 0.836. The number of piperazine rings is 1. The van der Waals surface area contributed by atoms with Crippen molar-refractivity contribution < 1.29 is 5.11 Å². The smallest absolute Gasteiger partial charge is 0.132 e. The van der Waals surface area contributed by atoms with E-state index in [2.05, 4.69) is 23.2 Å².